The number of anilines is 3. The molecule has 174 valence electrons. The maximum atomic E-state index is 13.6. The summed E-state index contributed by atoms with van der Waals surface area (Å²) in [4.78, 5) is 36.5. The lowest BCUT2D eigenvalue weighted by atomic mass is 10.1. The van der Waals surface area contributed by atoms with Crippen LogP contribution < -0.4 is 16.0 Å². The lowest BCUT2D eigenvalue weighted by Crippen LogP contribution is -2.27. The number of carbonyl (C=O) groups excluding carboxylic acids is 3. The zero-order chi connectivity index (χ0) is 23.6. The summed E-state index contributed by atoms with van der Waals surface area (Å²) < 4.78 is 46.1. The molecule has 1 heterocycles. The van der Waals surface area contributed by atoms with E-state index in [9.17, 15) is 27.6 Å². The average Bonchev–Trinajstić information content (AvgIpc) is 3.48. The zero-order valence-electron chi connectivity index (χ0n) is 17.5. The number of carbonyl (C=O) groups is 3. The van der Waals surface area contributed by atoms with Crippen LogP contribution in [0.5, 0.6) is 0 Å². The van der Waals surface area contributed by atoms with Gasteiger partial charge in [-0.15, -0.1) is 0 Å². The first-order valence-electron chi connectivity index (χ1n) is 10.6. The molecule has 2 aliphatic rings. The molecular formula is C23H22F3N3O4. The Balaban J connectivity index is 1.46. The topological polar surface area (TPSA) is 96.5 Å². The van der Waals surface area contributed by atoms with Crippen LogP contribution in [0.2, 0.25) is 0 Å². The Labute approximate surface area is 187 Å². The van der Waals surface area contributed by atoms with Gasteiger partial charge in [0.15, 0.2) is 0 Å². The molecule has 1 aliphatic heterocycles. The van der Waals surface area contributed by atoms with Gasteiger partial charge in [0, 0.05) is 29.5 Å². The Bertz CT molecular complexity index is 1060. The third kappa shape index (κ3) is 5.70. The first-order valence-corrected chi connectivity index (χ1v) is 10.6. The van der Waals surface area contributed by atoms with Gasteiger partial charge in [-0.1, -0.05) is 0 Å². The van der Waals surface area contributed by atoms with E-state index in [1.54, 1.807) is 0 Å². The molecular weight excluding hydrogens is 439 g/mol. The summed E-state index contributed by atoms with van der Waals surface area (Å²) >= 11 is 0. The number of hydrogen-bond acceptors (Lipinski definition) is 4. The lowest BCUT2D eigenvalue weighted by Gasteiger charge is -2.17. The van der Waals surface area contributed by atoms with Gasteiger partial charge in [0.2, 0.25) is 5.91 Å². The summed E-state index contributed by atoms with van der Waals surface area (Å²) in [5.74, 6) is -1.32. The van der Waals surface area contributed by atoms with E-state index in [0.717, 1.165) is 25.0 Å². The van der Waals surface area contributed by atoms with Gasteiger partial charge in [-0.25, -0.2) is 0 Å². The highest BCUT2D eigenvalue weighted by Gasteiger charge is 2.35. The molecule has 2 aromatic rings. The Hall–Kier alpha value is -3.40. The van der Waals surface area contributed by atoms with Crippen LogP contribution in [0.15, 0.2) is 42.5 Å². The third-order valence-corrected chi connectivity index (χ3v) is 5.43. The molecule has 3 N–H and O–H groups in total. The van der Waals surface area contributed by atoms with Crippen molar-refractivity contribution >= 4 is 34.8 Å². The van der Waals surface area contributed by atoms with Crippen molar-refractivity contribution in [2.45, 2.75) is 38.0 Å². The number of alkyl halides is 3. The molecule has 2 fully saturated rings. The minimum absolute atomic E-state index is 0.0206. The van der Waals surface area contributed by atoms with Crippen LogP contribution in [0.3, 0.4) is 0 Å². The maximum absolute atomic E-state index is 13.6. The first kappa shape index (κ1) is 22.8. The molecule has 4 rings (SSSR count). The summed E-state index contributed by atoms with van der Waals surface area (Å²) in [5.41, 5.74) is -0.936. The van der Waals surface area contributed by atoms with E-state index in [-0.39, 0.29) is 23.1 Å². The highest BCUT2D eigenvalue weighted by atomic mass is 19.4. The van der Waals surface area contributed by atoms with Crippen molar-refractivity contribution in [1.29, 1.82) is 0 Å². The highest BCUT2D eigenvalue weighted by Crippen LogP contribution is 2.37. The SMILES string of the molecule is O=C(Nc1ccc(NC(=O)C2CCCO2)cc1C(F)(F)F)c1ccc(NC(=O)C2CC2)cc1. The van der Waals surface area contributed by atoms with Gasteiger partial charge in [-0.2, -0.15) is 13.2 Å². The predicted octanol–water partition coefficient (Wildman–Crippen LogP) is 4.42. The monoisotopic (exact) mass is 461 g/mol. The minimum Gasteiger partial charge on any atom is -0.368 e. The Morgan fingerprint density at radius 3 is 2.12 bits per heavy atom. The molecule has 7 nitrogen and oxygen atoms in total. The van der Waals surface area contributed by atoms with E-state index in [4.69, 9.17) is 4.74 Å². The van der Waals surface area contributed by atoms with E-state index in [2.05, 4.69) is 16.0 Å². The number of amides is 3. The fraction of sp³-hybridized carbons (Fsp3) is 0.348. The number of hydrogen-bond donors (Lipinski definition) is 3. The van der Waals surface area contributed by atoms with Crippen LogP contribution in [0.4, 0.5) is 30.2 Å². The summed E-state index contributed by atoms with van der Waals surface area (Å²) in [6.07, 6.45) is -2.52. The lowest BCUT2D eigenvalue weighted by molar-refractivity contribution is -0.137. The van der Waals surface area contributed by atoms with Crippen LogP contribution in [0.25, 0.3) is 0 Å². The van der Waals surface area contributed by atoms with Gasteiger partial charge in [0.05, 0.1) is 11.3 Å². The van der Waals surface area contributed by atoms with E-state index >= 15 is 0 Å². The normalized spacial score (nSPS) is 18.0. The fourth-order valence-electron chi connectivity index (χ4n) is 3.46. The van der Waals surface area contributed by atoms with Crippen LogP contribution >= 0.6 is 0 Å². The van der Waals surface area contributed by atoms with Crippen molar-refractivity contribution in [1.82, 2.24) is 0 Å². The molecule has 2 aromatic carbocycles. The van der Waals surface area contributed by atoms with E-state index in [1.807, 2.05) is 0 Å². The summed E-state index contributed by atoms with van der Waals surface area (Å²) in [5, 5.41) is 7.43. The Morgan fingerprint density at radius 1 is 0.848 bits per heavy atom. The van der Waals surface area contributed by atoms with Gasteiger partial charge in [-0.3, -0.25) is 14.4 Å². The first-order chi connectivity index (χ1) is 15.7. The van der Waals surface area contributed by atoms with E-state index in [1.165, 1.54) is 30.3 Å². The molecule has 0 spiro atoms. The van der Waals surface area contributed by atoms with Crippen LogP contribution in [0, 0.1) is 5.92 Å². The molecule has 0 bridgehead atoms. The molecule has 10 heteroatoms. The Morgan fingerprint density at radius 2 is 1.52 bits per heavy atom. The molecule has 3 amide bonds. The predicted molar refractivity (Wildman–Crippen MR) is 115 cm³/mol. The van der Waals surface area contributed by atoms with Crippen molar-refractivity contribution in [3.05, 3.63) is 53.6 Å². The van der Waals surface area contributed by atoms with Crippen molar-refractivity contribution in [3.8, 4) is 0 Å². The quantitative estimate of drug-likeness (QED) is 0.593. The number of benzene rings is 2. The second-order valence-corrected chi connectivity index (χ2v) is 8.04. The van der Waals surface area contributed by atoms with Crippen LogP contribution in [-0.4, -0.2) is 30.4 Å². The van der Waals surface area contributed by atoms with Gasteiger partial charge < -0.3 is 20.7 Å². The number of halogens is 3. The standard InChI is InChI=1S/C23H22F3N3O4/c24-23(25,26)17-12-16(28-22(32)19-2-1-11-33-19)9-10-18(17)29-21(31)14-5-7-15(8-6-14)27-20(30)13-3-4-13/h5-10,12-13,19H,1-4,11H2,(H,27,30)(H,28,32)(H,29,31). The van der Waals surface area contributed by atoms with Crippen LogP contribution in [-0.2, 0) is 20.5 Å². The molecule has 0 radical (unpaired) electrons. The van der Waals surface area contributed by atoms with Crippen molar-refractivity contribution in [3.63, 3.8) is 0 Å². The Kier molecular flexibility index (Phi) is 6.37. The van der Waals surface area contributed by atoms with Crippen molar-refractivity contribution < 1.29 is 32.3 Å². The molecule has 33 heavy (non-hydrogen) atoms. The second kappa shape index (κ2) is 9.22. The maximum Gasteiger partial charge on any atom is 0.418 e. The molecule has 1 atom stereocenters. The van der Waals surface area contributed by atoms with Crippen LogP contribution in [0.1, 0.15) is 41.6 Å². The minimum atomic E-state index is -4.76. The van der Waals surface area contributed by atoms with Crippen molar-refractivity contribution in [2.24, 2.45) is 5.92 Å². The summed E-state index contributed by atoms with van der Waals surface area (Å²) in [6, 6.07) is 9.03. The molecule has 1 aliphatic carbocycles. The second-order valence-electron chi connectivity index (χ2n) is 8.04. The average molecular weight is 461 g/mol. The summed E-state index contributed by atoms with van der Waals surface area (Å²) in [6.45, 7) is 0.435. The number of nitrogens with one attached hydrogen (secondary N) is 3. The molecule has 1 saturated carbocycles. The van der Waals surface area contributed by atoms with Gasteiger partial charge >= 0.3 is 6.18 Å². The third-order valence-electron chi connectivity index (χ3n) is 5.43. The fourth-order valence-corrected chi connectivity index (χ4v) is 3.46. The number of ether oxygens (including phenoxy) is 1. The van der Waals surface area contributed by atoms with Gasteiger partial charge in [0.25, 0.3) is 11.8 Å². The van der Waals surface area contributed by atoms with Gasteiger partial charge in [0.1, 0.15) is 6.10 Å². The number of rotatable bonds is 6. The molecule has 0 aromatic heterocycles. The van der Waals surface area contributed by atoms with E-state index in [0.29, 0.717) is 25.1 Å². The largest absolute Gasteiger partial charge is 0.418 e. The highest BCUT2D eigenvalue weighted by molar-refractivity contribution is 6.05. The molecule has 1 unspecified atom stereocenters. The van der Waals surface area contributed by atoms with Crippen molar-refractivity contribution in [2.75, 3.05) is 22.6 Å². The smallest absolute Gasteiger partial charge is 0.368 e. The zero-order valence-corrected chi connectivity index (χ0v) is 17.5. The molecule has 1 saturated heterocycles. The van der Waals surface area contributed by atoms with Gasteiger partial charge in [-0.05, 0) is 68.1 Å². The summed E-state index contributed by atoms with van der Waals surface area (Å²) in [7, 11) is 0. The van der Waals surface area contributed by atoms with E-state index < -0.39 is 35.3 Å².